The van der Waals surface area contributed by atoms with Gasteiger partial charge in [0.05, 0.1) is 16.5 Å². The highest BCUT2D eigenvalue weighted by atomic mass is 32.1. The Kier molecular flexibility index (Phi) is 3.98. The zero-order valence-electron chi connectivity index (χ0n) is 13.6. The lowest BCUT2D eigenvalue weighted by Gasteiger charge is -2.34. The van der Waals surface area contributed by atoms with Gasteiger partial charge >= 0.3 is 0 Å². The van der Waals surface area contributed by atoms with Gasteiger partial charge in [-0.1, -0.05) is 30.4 Å². The number of thiazole rings is 1. The maximum Gasteiger partial charge on any atom is 0.289 e. The summed E-state index contributed by atoms with van der Waals surface area (Å²) in [5.41, 5.74) is 2.41. The van der Waals surface area contributed by atoms with Gasteiger partial charge in [-0.2, -0.15) is 0 Å². The van der Waals surface area contributed by atoms with Crippen LogP contribution < -0.4 is 4.90 Å². The second-order valence-electron chi connectivity index (χ2n) is 5.87. The molecule has 0 spiro atoms. The topological polar surface area (TPSA) is 49.6 Å². The second-order valence-corrected chi connectivity index (χ2v) is 6.88. The van der Waals surface area contributed by atoms with E-state index in [9.17, 15) is 4.79 Å². The molecule has 1 aromatic carbocycles. The van der Waals surface area contributed by atoms with Crippen molar-refractivity contribution in [2.75, 3.05) is 31.1 Å². The van der Waals surface area contributed by atoms with E-state index < -0.39 is 0 Å². The van der Waals surface area contributed by atoms with E-state index in [0.717, 1.165) is 30.2 Å². The number of aromatic nitrogens is 1. The molecule has 5 nitrogen and oxygen atoms in total. The van der Waals surface area contributed by atoms with Crippen molar-refractivity contribution in [3.05, 3.63) is 47.9 Å². The van der Waals surface area contributed by atoms with Crippen molar-refractivity contribution in [1.29, 1.82) is 0 Å². The second kappa shape index (κ2) is 6.28. The van der Waals surface area contributed by atoms with Crippen molar-refractivity contribution in [3.8, 4) is 0 Å². The number of amides is 1. The van der Waals surface area contributed by atoms with Gasteiger partial charge in [-0.05, 0) is 30.2 Å². The van der Waals surface area contributed by atoms with Crippen LogP contribution in [-0.4, -0.2) is 42.0 Å². The van der Waals surface area contributed by atoms with Crippen LogP contribution in [0.15, 0.2) is 41.0 Å². The van der Waals surface area contributed by atoms with Crippen molar-refractivity contribution in [1.82, 2.24) is 9.88 Å². The summed E-state index contributed by atoms with van der Waals surface area (Å²) in [5, 5.41) is 1.05. The molecule has 1 saturated heterocycles. The number of carbonyl (C=O) groups excluding carboxylic acids is 1. The maximum atomic E-state index is 12.3. The van der Waals surface area contributed by atoms with Crippen LogP contribution in [0, 0.1) is 0 Å². The quantitative estimate of drug-likeness (QED) is 0.732. The Bertz CT molecular complexity index is 848. The first-order valence-electron chi connectivity index (χ1n) is 8.22. The van der Waals surface area contributed by atoms with Crippen LogP contribution >= 0.6 is 11.3 Å². The lowest BCUT2D eigenvalue weighted by molar-refractivity contribution is 0.0714. The Balaban J connectivity index is 1.49. The first kappa shape index (κ1) is 15.2. The highest BCUT2D eigenvalue weighted by Gasteiger charge is 2.25. The van der Waals surface area contributed by atoms with Gasteiger partial charge < -0.3 is 14.2 Å². The Hall–Kier alpha value is -2.34. The summed E-state index contributed by atoms with van der Waals surface area (Å²) in [6.07, 6.45) is 2.53. The smallest absolute Gasteiger partial charge is 0.289 e. The van der Waals surface area contributed by atoms with Crippen LogP contribution in [0.2, 0.25) is 0 Å². The largest absolute Gasteiger partial charge is 0.459 e. The van der Waals surface area contributed by atoms with E-state index >= 15 is 0 Å². The molecule has 1 aliphatic rings. The first-order valence-corrected chi connectivity index (χ1v) is 9.04. The van der Waals surface area contributed by atoms with Gasteiger partial charge in [0.1, 0.15) is 0 Å². The minimum absolute atomic E-state index is 0.0304. The summed E-state index contributed by atoms with van der Waals surface area (Å²) in [7, 11) is 0. The number of furan rings is 1. The molecule has 0 N–H and O–H groups in total. The van der Waals surface area contributed by atoms with Gasteiger partial charge in [-0.3, -0.25) is 4.79 Å². The van der Waals surface area contributed by atoms with Gasteiger partial charge in [-0.15, -0.1) is 0 Å². The molecule has 1 aliphatic heterocycles. The van der Waals surface area contributed by atoms with Gasteiger partial charge in [0.25, 0.3) is 5.91 Å². The fraction of sp³-hybridized carbons (Fsp3) is 0.333. The summed E-state index contributed by atoms with van der Waals surface area (Å²) in [5.74, 6) is 0.383. The Morgan fingerprint density at radius 3 is 2.75 bits per heavy atom. The highest BCUT2D eigenvalue weighted by molar-refractivity contribution is 7.22. The minimum atomic E-state index is -0.0304. The molecule has 1 amide bonds. The van der Waals surface area contributed by atoms with Crippen LogP contribution in [0.3, 0.4) is 0 Å². The maximum absolute atomic E-state index is 12.3. The number of piperazine rings is 1. The van der Waals surface area contributed by atoms with Gasteiger partial charge in [0, 0.05) is 26.2 Å². The lowest BCUT2D eigenvalue weighted by atomic mass is 10.1. The number of anilines is 1. The molecule has 0 unspecified atom stereocenters. The third-order valence-corrected chi connectivity index (χ3v) is 5.52. The minimum Gasteiger partial charge on any atom is -0.459 e. The van der Waals surface area contributed by atoms with Gasteiger partial charge in [0.15, 0.2) is 10.9 Å². The van der Waals surface area contributed by atoms with Gasteiger partial charge in [-0.25, -0.2) is 4.98 Å². The number of nitrogens with zero attached hydrogens (tertiary/aromatic N) is 3. The normalized spacial score (nSPS) is 15.2. The predicted octanol–water partition coefficient (Wildman–Crippen LogP) is 3.41. The van der Waals surface area contributed by atoms with Crippen LogP contribution in [0.4, 0.5) is 5.13 Å². The molecule has 0 atom stereocenters. The predicted molar refractivity (Wildman–Crippen MR) is 95.8 cm³/mol. The first-order chi connectivity index (χ1) is 11.8. The summed E-state index contributed by atoms with van der Waals surface area (Å²) in [6.45, 7) is 5.14. The summed E-state index contributed by atoms with van der Waals surface area (Å²) >= 11 is 1.73. The van der Waals surface area contributed by atoms with Crippen LogP contribution in [0.1, 0.15) is 23.0 Å². The van der Waals surface area contributed by atoms with Crippen LogP contribution in [0.25, 0.3) is 10.2 Å². The molecule has 0 aliphatic carbocycles. The van der Waals surface area contributed by atoms with Crippen molar-refractivity contribution in [2.45, 2.75) is 13.3 Å². The van der Waals surface area contributed by atoms with Crippen molar-refractivity contribution >= 4 is 32.6 Å². The summed E-state index contributed by atoms with van der Waals surface area (Å²) in [6, 6.07) is 9.84. The SMILES string of the molecule is CCc1cccc2sc(N3CCN(C(=O)c4ccco4)CC3)nc12. The number of para-hydroxylation sites is 1. The Labute approximate surface area is 144 Å². The molecule has 0 saturated carbocycles. The molecule has 4 rings (SSSR count). The molecule has 3 aromatic rings. The lowest BCUT2D eigenvalue weighted by Crippen LogP contribution is -2.48. The van der Waals surface area contributed by atoms with Crippen LogP contribution in [-0.2, 0) is 6.42 Å². The average Bonchev–Trinajstić information content (AvgIpc) is 3.30. The average molecular weight is 341 g/mol. The molecule has 3 heterocycles. The number of aryl methyl sites for hydroxylation is 1. The standard InChI is InChI=1S/C18H19N3O2S/c1-2-13-5-3-7-15-16(13)19-18(24-15)21-10-8-20(9-11-21)17(22)14-6-4-12-23-14/h3-7,12H,2,8-11H2,1H3. The molecule has 6 heteroatoms. The zero-order chi connectivity index (χ0) is 16.5. The number of fused-ring (bicyclic) bond motifs is 1. The molecule has 0 bridgehead atoms. The fourth-order valence-electron chi connectivity index (χ4n) is 3.07. The summed E-state index contributed by atoms with van der Waals surface area (Å²) in [4.78, 5) is 21.3. The number of benzene rings is 1. The number of carbonyl (C=O) groups is 1. The van der Waals surface area contributed by atoms with Crippen molar-refractivity contribution < 1.29 is 9.21 Å². The van der Waals surface area contributed by atoms with E-state index in [4.69, 9.17) is 9.40 Å². The fourth-order valence-corrected chi connectivity index (χ4v) is 4.14. The third-order valence-electron chi connectivity index (χ3n) is 4.44. The molecule has 124 valence electrons. The Morgan fingerprint density at radius 1 is 1.21 bits per heavy atom. The van der Waals surface area contributed by atoms with E-state index in [-0.39, 0.29) is 5.91 Å². The molecule has 0 radical (unpaired) electrons. The Morgan fingerprint density at radius 2 is 2.04 bits per heavy atom. The van der Waals surface area contributed by atoms with Crippen LogP contribution in [0.5, 0.6) is 0 Å². The van der Waals surface area contributed by atoms with E-state index in [1.807, 2.05) is 4.90 Å². The van der Waals surface area contributed by atoms with E-state index in [0.29, 0.717) is 18.8 Å². The van der Waals surface area contributed by atoms with E-state index in [1.54, 1.807) is 23.5 Å². The van der Waals surface area contributed by atoms with Crippen molar-refractivity contribution in [2.24, 2.45) is 0 Å². The third kappa shape index (κ3) is 2.67. The van der Waals surface area contributed by atoms with E-state index in [1.165, 1.54) is 16.5 Å². The number of rotatable bonds is 3. The van der Waals surface area contributed by atoms with E-state index in [2.05, 4.69) is 30.0 Å². The molecule has 1 fully saturated rings. The summed E-state index contributed by atoms with van der Waals surface area (Å²) < 4.78 is 6.44. The molecular formula is C18H19N3O2S. The molecule has 2 aromatic heterocycles. The zero-order valence-corrected chi connectivity index (χ0v) is 14.4. The highest BCUT2D eigenvalue weighted by Crippen LogP contribution is 2.31. The number of hydrogen-bond acceptors (Lipinski definition) is 5. The van der Waals surface area contributed by atoms with Gasteiger partial charge in [0.2, 0.25) is 0 Å². The van der Waals surface area contributed by atoms with Crippen molar-refractivity contribution in [3.63, 3.8) is 0 Å². The molecular weight excluding hydrogens is 322 g/mol. The number of hydrogen-bond donors (Lipinski definition) is 0. The molecule has 24 heavy (non-hydrogen) atoms. The monoisotopic (exact) mass is 341 g/mol.